The van der Waals surface area contributed by atoms with Gasteiger partial charge in [-0.25, -0.2) is 4.39 Å². The van der Waals surface area contributed by atoms with E-state index in [1.54, 1.807) is 6.07 Å². The molecule has 0 aliphatic rings. The van der Waals surface area contributed by atoms with E-state index in [1.165, 1.54) is 12.3 Å². The van der Waals surface area contributed by atoms with Crippen LogP contribution in [0.1, 0.15) is 32.9 Å². The van der Waals surface area contributed by atoms with Gasteiger partial charge < -0.3 is 10.4 Å². The zero-order valence-electron chi connectivity index (χ0n) is 10.00. The molecule has 3 nitrogen and oxygen atoms in total. The molecule has 4 heteroatoms. The predicted octanol–water partition coefficient (Wildman–Crippen LogP) is 1.82. The van der Waals surface area contributed by atoms with Gasteiger partial charge in [0, 0.05) is 6.04 Å². The largest absolute Gasteiger partial charge is 0.394 e. The summed E-state index contributed by atoms with van der Waals surface area (Å²) in [4.78, 5) is 4.05. The number of hydrogen-bond acceptors (Lipinski definition) is 3. The third-order valence-electron chi connectivity index (χ3n) is 2.66. The summed E-state index contributed by atoms with van der Waals surface area (Å²) >= 11 is 0. The fraction of sp³-hybridized carbons (Fsp3) is 0.583. The monoisotopic (exact) mass is 226 g/mol. The van der Waals surface area contributed by atoms with Crippen LogP contribution in [0.4, 0.5) is 4.39 Å². The molecule has 0 aliphatic carbocycles. The van der Waals surface area contributed by atoms with Crippen LogP contribution >= 0.6 is 0 Å². The van der Waals surface area contributed by atoms with E-state index >= 15 is 0 Å². The van der Waals surface area contributed by atoms with Crippen molar-refractivity contribution in [1.82, 2.24) is 10.3 Å². The van der Waals surface area contributed by atoms with E-state index in [1.807, 2.05) is 20.8 Å². The van der Waals surface area contributed by atoms with Crippen molar-refractivity contribution in [3.05, 3.63) is 29.8 Å². The molecule has 0 saturated heterocycles. The number of nitrogens with zero attached hydrogens (tertiary/aromatic N) is 1. The molecule has 0 spiro atoms. The molecular weight excluding hydrogens is 207 g/mol. The molecule has 0 fully saturated rings. The van der Waals surface area contributed by atoms with Crippen molar-refractivity contribution in [1.29, 1.82) is 0 Å². The maximum Gasteiger partial charge on any atom is 0.141 e. The molecule has 0 radical (unpaired) electrons. The van der Waals surface area contributed by atoms with E-state index < -0.39 is 5.54 Å². The number of aromatic nitrogens is 1. The molecule has 2 N–H and O–H groups in total. The molecule has 1 rings (SSSR count). The molecule has 0 bridgehead atoms. The van der Waals surface area contributed by atoms with Crippen molar-refractivity contribution in [2.24, 2.45) is 0 Å². The number of pyridine rings is 1. The van der Waals surface area contributed by atoms with Gasteiger partial charge >= 0.3 is 0 Å². The fourth-order valence-electron chi connectivity index (χ4n) is 1.81. The molecule has 90 valence electrons. The zero-order valence-corrected chi connectivity index (χ0v) is 10.00. The van der Waals surface area contributed by atoms with E-state index in [0.717, 1.165) is 0 Å². The van der Waals surface area contributed by atoms with Gasteiger partial charge in [0.1, 0.15) is 5.82 Å². The Kier molecular flexibility index (Phi) is 4.38. The van der Waals surface area contributed by atoms with Gasteiger partial charge in [-0.05, 0) is 32.4 Å². The average molecular weight is 226 g/mol. The summed E-state index contributed by atoms with van der Waals surface area (Å²) in [5, 5.41) is 12.8. The van der Waals surface area contributed by atoms with Crippen LogP contribution in [-0.4, -0.2) is 22.7 Å². The SMILES string of the molecule is CCC(CO)(NC(C)C)c1ccc(F)cn1. The van der Waals surface area contributed by atoms with Crippen molar-refractivity contribution in [3.63, 3.8) is 0 Å². The standard InChI is InChI=1S/C12H19FN2O/c1-4-12(8-16,15-9(2)3)11-6-5-10(13)7-14-11/h5-7,9,15-16H,4,8H2,1-3H3. The molecule has 0 saturated carbocycles. The third-order valence-corrected chi connectivity index (χ3v) is 2.66. The second-order valence-electron chi connectivity index (χ2n) is 4.25. The lowest BCUT2D eigenvalue weighted by Gasteiger charge is -2.33. The van der Waals surface area contributed by atoms with Crippen LogP contribution in [0, 0.1) is 5.82 Å². The first kappa shape index (κ1) is 13.1. The van der Waals surface area contributed by atoms with Crippen LogP contribution in [0.5, 0.6) is 0 Å². The number of aliphatic hydroxyl groups is 1. The van der Waals surface area contributed by atoms with Gasteiger partial charge in [-0.1, -0.05) is 6.92 Å². The molecule has 16 heavy (non-hydrogen) atoms. The molecule has 1 aromatic heterocycles. The molecule has 0 aliphatic heterocycles. The number of aliphatic hydroxyl groups excluding tert-OH is 1. The van der Waals surface area contributed by atoms with E-state index in [0.29, 0.717) is 12.1 Å². The summed E-state index contributed by atoms with van der Waals surface area (Å²) < 4.78 is 12.8. The lowest BCUT2D eigenvalue weighted by Crippen LogP contribution is -2.49. The number of nitrogens with one attached hydrogen (secondary N) is 1. The van der Waals surface area contributed by atoms with Crippen LogP contribution < -0.4 is 5.32 Å². The molecule has 1 atom stereocenters. The van der Waals surface area contributed by atoms with Crippen molar-refractivity contribution in [2.45, 2.75) is 38.8 Å². The van der Waals surface area contributed by atoms with E-state index in [-0.39, 0.29) is 18.5 Å². The minimum atomic E-state index is -0.581. The Morgan fingerprint density at radius 3 is 2.56 bits per heavy atom. The van der Waals surface area contributed by atoms with Gasteiger partial charge in [0.05, 0.1) is 24.0 Å². The molecule has 1 aromatic rings. The number of rotatable bonds is 5. The fourth-order valence-corrected chi connectivity index (χ4v) is 1.81. The summed E-state index contributed by atoms with van der Waals surface area (Å²) in [6.45, 7) is 5.92. The maximum absolute atomic E-state index is 12.8. The number of halogens is 1. The van der Waals surface area contributed by atoms with Gasteiger partial charge in [0.2, 0.25) is 0 Å². The first-order chi connectivity index (χ1) is 7.54. The highest BCUT2D eigenvalue weighted by Crippen LogP contribution is 2.23. The smallest absolute Gasteiger partial charge is 0.141 e. The van der Waals surface area contributed by atoms with Gasteiger partial charge in [0.15, 0.2) is 0 Å². The first-order valence-corrected chi connectivity index (χ1v) is 5.54. The quantitative estimate of drug-likeness (QED) is 0.805. The van der Waals surface area contributed by atoms with Gasteiger partial charge in [-0.2, -0.15) is 0 Å². The summed E-state index contributed by atoms with van der Waals surface area (Å²) in [6.07, 6.45) is 1.87. The topological polar surface area (TPSA) is 45.1 Å². The van der Waals surface area contributed by atoms with Gasteiger partial charge in [-0.15, -0.1) is 0 Å². The third kappa shape index (κ3) is 2.77. The zero-order chi connectivity index (χ0) is 12.2. The van der Waals surface area contributed by atoms with Crippen LogP contribution in [-0.2, 0) is 5.54 Å². The highest BCUT2D eigenvalue weighted by Gasteiger charge is 2.31. The van der Waals surface area contributed by atoms with Crippen LogP contribution in [0.15, 0.2) is 18.3 Å². The molecule has 0 aromatic carbocycles. The summed E-state index contributed by atoms with van der Waals surface area (Å²) in [5.74, 6) is -0.365. The minimum absolute atomic E-state index is 0.0552. The molecule has 0 amide bonds. The molecular formula is C12H19FN2O. The Hall–Kier alpha value is -1.00. The van der Waals surface area contributed by atoms with Crippen LogP contribution in [0.2, 0.25) is 0 Å². The van der Waals surface area contributed by atoms with Crippen molar-refractivity contribution in [3.8, 4) is 0 Å². The molecule has 1 heterocycles. The highest BCUT2D eigenvalue weighted by atomic mass is 19.1. The summed E-state index contributed by atoms with van der Waals surface area (Å²) in [7, 11) is 0. The highest BCUT2D eigenvalue weighted by molar-refractivity contribution is 5.17. The second kappa shape index (κ2) is 5.37. The predicted molar refractivity (Wildman–Crippen MR) is 61.5 cm³/mol. The Bertz CT molecular complexity index is 320. The first-order valence-electron chi connectivity index (χ1n) is 5.54. The number of hydrogen-bond donors (Lipinski definition) is 2. The van der Waals surface area contributed by atoms with E-state index in [9.17, 15) is 9.50 Å². The minimum Gasteiger partial charge on any atom is -0.394 e. The Labute approximate surface area is 95.7 Å². The van der Waals surface area contributed by atoms with E-state index in [2.05, 4.69) is 10.3 Å². The Morgan fingerprint density at radius 1 is 1.50 bits per heavy atom. The lowest BCUT2D eigenvalue weighted by atomic mass is 9.91. The van der Waals surface area contributed by atoms with Crippen molar-refractivity contribution >= 4 is 0 Å². The maximum atomic E-state index is 12.8. The summed E-state index contributed by atoms with van der Waals surface area (Å²) in [6, 6.07) is 3.20. The van der Waals surface area contributed by atoms with Crippen molar-refractivity contribution in [2.75, 3.05) is 6.61 Å². The average Bonchev–Trinajstić information content (AvgIpc) is 2.27. The lowest BCUT2D eigenvalue weighted by molar-refractivity contribution is 0.142. The van der Waals surface area contributed by atoms with Gasteiger partial charge in [-0.3, -0.25) is 4.98 Å². The van der Waals surface area contributed by atoms with Gasteiger partial charge in [0.25, 0.3) is 0 Å². The molecule has 1 unspecified atom stereocenters. The Balaban J connectivity index is 3.04. The van der Waals surface area contributed by atoms with Crippen LogP contribution in [0.3, 0.4) is 0 Å². The summed E-state index contributed by atoms with van der Waals surface area (Å²) in [5.41, 5.74) is 0.0922. The second-order valence-corrected chi connectivity index (χ2v) is 4.25. The van der Waals surface area contributed by atoms with Crippen LogP contribution in [0.25, 0.3) is 0 Å². The Morgan fingerprint density at radius 2 is 2.19 bits per heavy atom. The van der Waals surface area contributed by atoms with Crippen molar-refractivity contribution < 1.29 is 9.50 Å². The van der Waals surface area contributed by atoms with E-state index in [4.69, 9.17) is 0 Å². The normalized spacial score (nSPS) is 15.1.